The molecule has 1 fully saturated rings. The molecular weight excluding hydrogens is 412 g/mol. The van der Waals surface area contributed by atoms with E-state index in [2.05, 4.69) is 33.8 Å². The van der Waals surface area contributed by atoms with Crippen LogP contribution >= 0.6 is 0 Å². The molecule has 1 heterocycles. The Labute approximate surface area is 193 Å². The molecule has 33 heavy (non-hydrogen) atoms. The van der Waals surface area contributed by atoms with Gasteiger partial charge in [0.15, 0.2) is 0 Å². The van der Waals surface area contributed by atoms with Crippen LogP contribution in [0.3, 0.4) is 0 Å². The van der Waals surface area contributed by atoms with Gasteiger partial charge < -0.3 is 20.4 Å². The number of anilines is 2. The van der Waals surface area contributed by atoms with Crippen LogP contribution in [0, 0.1) is 5.92 Å². The number of carbonyl (C=O) groups is 1. The van der Waals surface area contributed by atoms with Crippen LogP contribution in [0.15, 0.2) is 66.7 Å². The van der Waals surface area contributed by atoms with Crippen molar-refractivity contribution in [3.8, 4) is 17.1 Å². The lowest BCUT2D eigenvalue weighted by atomic mass is 10.1. The summed E-state index contributed by atoms with van der Waals surface area (Å²) in [5, 5.41) is 6.51. The van der Waals surface area contributed by atoms with Crippen molar-refractivity contribution in [2.24, 2.45) is 5.92 Å². The first-order chi connectivity index (χ1) is 16.2. The van der Waals surface area contributed by atoms with Crippen LogP contribution < -0.4 is 15.4 Å². The molecule has 0 spiro atoms. The standard InChI is InChI=1S/C27H28N4O2/c1-33-23-13-6-18(7-14-23)17-28-22-12-15-24-25(16-22)31-26(30-24)19-8-10-21(11-9-19)29-27(32)20-4-2-3-5-20/h6-16,20,28H,2-5,17H2,1H3,(H,29,32)(H,30,31). The first-order valence-electron chi connectivity index (χ1n) is 11.5. The number of ether oxygens (including phenoxy) is 1. The fourth-order valence-corrected chi connectivity index (χ4v) is 4.35. The van der Waals surface area contributed by atoms with E-state index >= 15 is 0 Å². The van der Waals surface area contributed by atoms with Gasteiger partial charge in [0.25, 0.3) is 0 Å². The number of benzene rings is 3. The van der Waals surface area contributed by atoms with Crippen molar-refractivity contribution in [3.63, 3.8) is 0 Å². The van der Waals surface area contributed by atoms with E-state index in [1.807, 2.05) is 48.5 Å². The fourth-order valence-electron chi connectivity index (χ4n) is 4.35. The Balaban J connectivity index is 1.25. The zero-order chi connectivity index (χ0) is 22.6. The number of aromatic amines is 1. The summed E-state index contributed by atoms with van der Waals surface area (Å²) in [5.41, 5.74) is 5.91. The van der Waals surface area contributed by atoms with Gasteiger partial charge in [0.1, 0.15) is 11.6 Å². The van der Waals surface area contributed by atoms with Crippen LogP contribution in [-0.2, 0) is 11.3 Å². The van der Waals surface area contributed by atoms with E-state index in [9.17, 15) is 4.79 Å². The maximum atomic E-state index is 12.4. The van der Waals surface area contributed by atoms with Crippen molar-refractivity contribution in [1.82, 2.24) is 9.97 Å². The fraction of sp³-hybridized carbons (Fsp3) is 0.259. The maximum absolute atomic E-state index is 12.4. The molecule has 0 atom stereocenters. The molecule has 0 saturated heterocycles. The molecule has 4 aromatic rings. The minimum absolute atomic E-state index is 0.138. The Morgan fingerprint density at radius 3 is 2.45 bits per heavy atom. The summed E-state index contributed by atoms with van der Waals surface area (Å²) in [7, 11) is 1.67. The van der Waals surface area contributed by atoms with Crippen molar-refractivity contribution in [1.29, 1.82) is 0 Å². The lowest BCUT2D eigenvalue weighted by Gasteiger charge is -2.10. The Hall–Kier alpha value is -3.80. The molecule has 3 aromatic carbocycles. The lowest BCUT2D eigenvalue weighted by Crippen LogP contribution is -2.20. The van der Waals surface area contributed by atoms with Crippen molar-refractivity contribution in [2.45, 2.75) is 32.2 Å². The smallest absolute Gasteiger partial charge is 0.227 e. The Morgan fingerprint density at radius 2 is 1.73 bits per heavy atom. The van der Waals surface area contributed by atoms with Gasteiger partial charge in [0.2, 0.25) is 5.91 Å². The van der Waals surface area contributed by atoms with Crippen LogP contribution in [0.1, 0.15) is 31.2 Å². The second-order valence-corrected chi connectivity index (χ2v) is 8.57. The topological polar surface area (TPSA) is 79.0 Å². The van der Waals surface area contributed by atoms with Gasteiger partial charge in [0.05, 0.1) is 18.1 Å². The zero-order valence-corrected chi connectivity index (χ0v) is 18.7. The average Bonchev–Trinajstić information content (AvgIpc) is 3.53. The van der Waals surface area contributed by atoms with Crippen LogP contribution in [0.4, 0.5) is 11.4 Å². The number of hydrogen-bond donors (Lipinski definition) is 3. The summed E-state index contributed by atoms with van der Waals surface area (Å²) in [6, 6.07) is 22.0. The first kappa shape index (κ1) is 21.1. The molecule has 5 rings (SSSR count). The largest absolute Gasteiger partial charge is 0.497 e. The monoisotopic (exact) mass is 440 g/mol. The molecule has 1 amide bonds. The van der Waals surface area contributed by atoms with E-state index in [1.54, 1.807) is 7.11 Å². The molecule has 1 aliphatic carbocycles. The third-order valence-corrected chi connectivity index (χ3v) is 6.29. The van der Waals surface area contributed by atoms with Crippen LogP contribution in [0.25, 0.3) is 22.4 Å². The molecular formula is C27H28N4O2. The average molecular weight is 441 g/mol. The van der Waals surface area contributed by atoms with Gasteiger partial charge in [0, 0.05) is 29.4 Å². The Bertz CT molecular complexity index is 1240. The number of aromatic nitrogens is 2. The number of fused-ring (bicyclic) bond motifs is 1. The minimum Gasteiger partial charge on any atom is -0.497 e. The summed E-state index contributed by atoms with van der Waals surface area (Å²) in [6.45, 7) is 0.727. The van der Waals surface area contributed by atoms with Gasteiger partial charge in [-0.2, -0.15) is 0 Å². The van der Waals surface area contributed by atoms with Gasteiger partial charge >= 0.3 is 0 Å². The molecule has 3 N–H and O–H groups in total. The van der Waals surface area contributed by atoms with Gasteiger partial charge in [-0.05, 0) is 73.0 Å². The molecule has 1 saturated carbocycles. The normalized spacial score (nSPS) is 13.8. The predicted molar refractivity (Wildman–Crippen MR) is 132 cm³/mol. The van der Waals surface area contributed by atoms with Crippen molar-refractivity contribution >= 4 is 28.3 Å². The molecule has 1 aliphatic rings. The van der Waals surface area contributed by atoms with Crippen LogP contribution in [-0.4, -0.2) is 23.0 Å². The van der Waals surface area contributed by atoms with Gasteiger partial charge in [-0.25, -0.2) is 4.98 Å². The van der Waals surface area contributed by atoms with E-state index in [4.69, 9.17) is 9.72 Å². The van der Waals surface area contributed by atoms with Gasteiger partial charge in [-0.15, -0.1) is 0 Å². The minimum atomic E-state index is 0.138. The summed E-state index contributed by atoms with van der Waals surface area (Å²) >= 11 is 0. The summed E-state index contributed by atoms with van der Waals surface area (Å²) in [6.07, 6.45) is 4.31. The third-order valence-electron chi connectivity index (χ3n) is 6.29. The molecule has 168 valence electrons. The van der Waals surface area contributed by atoms with E-state index in [-0.39, 0.29) is 11.8 Å². The zero-order valence-electron chi connectivity index (χ0n) is 18.7. The number of carbonyl (C=O) groups excluding carboxylic acids is 1. The SMILES string of the molecule is COc1ccc(CNc2ccc3nc(-c4ccc(NC(=O)C5CCCC5)cc4)[nH]c3c2)cc1. The quantitative estimate of drug-likeness (QED) is 0.330. The number of amides is 1. The highest BCUT2D eigenvalue weighted by molar-refractivity contribution is 5.93. The van der Waals surface area contributed by atoms with E-state index in [0.29, 0.717) is 0 Å². The first-order valence-corrected chi connectivity index (χ1v) is 11.5. The molecule has 0 unspecified atom stereocenters. The highest BCUT2D eigenvalue weighted by Crippen LogP contribution is 2.27. The van der Waals surface area contributed by atoms with Gasteiger partial charge in [-0.1, -0.05) is 25.0 Å². The molecule has 6 heteroatoms. The van der Waals surface area contributed by atoms with Crippen LogP contribution in [0.5, 0.6) is 5.75 Å². The van der Waals surface area contributed by atoms with Crippen molar-refractivity contribution in [3.05, 3.63) is 72.3 Å². The third kappa shape index (κ3) is 4.85. The predicted octanol–water partition coefficient (Wildman–Crippen LogP) is 5.98. The number of hydrogen-bond acceptors (Lipinski definition) is 4. The lowest BCUT2D eigenvalue weighted by molar-refractivity contribution is -0.119. The number of methoxy groups -OCH3 is 1. The van der Waals surface area contributed by atoms with E-state index in [0.717, 1.165) is 71.8 Å². The summed E-state index contributed by atoms with van der Waals surface area (Å²) in [5.74, 6) is 1.96. The van der Waals surface area contributed by atoms with Crippen molar-refractivity contribution < 1.29 is 9.53 Å². The summed E-state index contributed by atoms with van der Waals surface area (Å²) < 4.78 is 5.21. The Kier molecular flexibility index (Phi) is 5.98. The maximum Gasteiger partial charge on any atom is 0.227 e. The number of nitrogens with one attached hydrogen (secondary N) is 3. The van der Waals surface area contributed by atoms with E-state index < -0.39 is 0 Å². The molecule has 1 aromatic heterocycles. The summed E-state index contributed by atoms with van der Waals surface area (Å²) in [4.78, 5) is 20.5. The molecule has 0 radical (unpaired) electrons. The van der Waals surface area contributed by atoms with E-state index in [1.165, 1.54) is 5.56 Å². The van der Waals surface area contributed by atoms with Crippen LogP contribution in [0.2, 0.25) is 0 Å². The molecule has 0 aliphatic heterocycles. The van der Waals surface area contributed by atoms with Gasteiger partial charge in [-0.3, -0.25) is 4.79 Å². The highest BCUT2D eigenvalue weighted by atomic mass is 16.5. The number of H-pyrrole nitrogens is 1. The molecule has 6 nitrogen and oxygen atoms in total. The number of rotatable bonds is 7. The second kappa shape index (κ2) is 9.36. The number of imidazole rings is 1. The highest BCUT2D eigenvalue weighted by Gasteiger charge is 2.22. The van der Waals surface area contributed by atoms with Crippen molar-refractivity contribution in [2.75, 3.05) is 17.7 Å². The Morgan fingerprint density at radius 1 is 1.00 bits per heavy atom. The molecule has 0 bridgehead atoms. The second-order valence-electron chi connectivity index (χ2n) is 8.57. The number of nitrogens with zero attached hydrogens (tertiary/aromatic N) is 1.